The SMILES string of the molecule is COC(=O)C[C@H](O)C[C@H](O)C=Cc1c(-c2ccc(F)cc2)c(-c2ccc(F)cc2)c(C(=O)NCc2ccc(C(=O)OC)cc2)n1C(C)C. The molecule has 48 heavy (non-hydrogen) atoms. The van der Waals surface area contributed by atoms with Gasteiger partial charge in [0.1, 0.15) is 17.3 Å². The van der Waals surface area contributed by atoms with Gasteiger partial charge in [-0.3, -0.25) is 9.59 Å². The summed E-state index contributed by atoms with van der Waals surface area (Å²) in [6.45, 7) is 3.86. The van der Waals surface area contributed by atoms with Gasteiger partial charge in [0.2, 0.25) is 0 Å². The second-order valence-corrected chi connectivity index (χ2v) is 11.4. The summed E-state index contributed by atoms with van der Waals surface area (Å²) in [5.41, 5.74) is 3.87. The number of amides is 1. The molecule has 0 unspecified atom stereocenters. The summed E-state index contributed by atoms with van der Waals surface area (Å²) in [6.07, 6.45) is 0.260. The molecule has 0 bridgehead atoms. The number of aromatic nitrogens is 1. The van der Waals surface area contributed by atoms with Crippen molar-refractivity contribution in [1.82, 2.24) is 9.88 Å². The summed E-state index contributed by atoms with van der Waals surface area (Å²) in [7, 11) is 2.49. The predicted octanol–water partition coefficient (Wildman–Crippen LogP) is 6.09. The van der Waals surface area contributed by atoms with Crippen molar-refractivity contribution in [1.29, 1.82) is 0 Å². The third-order valence-electron chi connectivity index (χ3n) is 7.69. The molecular formula is C37H38F2N2O7. The molecule has 4 aromatic rings. The highest BCUT2D eigenvalue weighted by molar-refractivity contribution is 6.06. The molecule has 3 N–H and O–H groups in total. The minimum Gasteiger partial charge on any atom is -0.469 e. The maximum Gasteiger partial charge on any atom is 0.337 e. The Morgan fingerprint density at radius 2 is 1.40 bits per heavy atom. The number of carbonyl (C=O) groups excluding carboxylic acids is 3. The van der Waals surface area contributed by atoms with E-state index in [0.29, 0.717) is 33.5 Å². The second kappa shape index (κ2) is 16.1. The molecule has 0 aliphatic carbocycles. The summed E-state index contributed by atoms with van der Waals surface area (Å²) >= 11 is 0. The Hall–Kier alpha value is -5.13. The Kier molecular flexibility index (Phi) is 12.0. The van der Waals surface area contributed by atoms with Crippen LogP contribution in [0, 0.1) is 11.6 Å². The van der Waals surface area contributed by atoms with Crippen LogP contribution >= 0.6 is 0 Å². The average molecular weight is 661 g/mol. The van der Waals surface area contributed by atoms with E-state index < -0.39 is 41.7 Å². The standard InChI is InChI=1S/C37H38F2N2O7/c1-22(2)41-31(18-17-29(42)19-30(43)20-32(44)47-3)33(24-9-13-27(38)14-10-24)34(25-11-15-28(39)16-12-25)35(41)36(45)40-21-23-5-7-26(8-6-23)37(46)48-4/h5-18,22,29-30,42-43H,19-21H2,1-4H3,(H,40,45)/t29-,30-/m1/s1. The minimum absolute atomic E-state index is 0.111. The lowest BCUT2D eigenvalue weighted by Crippen LogP contribution is -2.27. The lowest BCUT2D eigenvalue weighted by Gasteiger charge is -2.17. The van der Waals surface area contributed by atoms with Crippen LogP contribution in [0.2, 0.25) is 0 Å². The van der Waals surface area contributed by atoms with E-state index in [0.717, 1.165) is 5.56 Å². The van der Waals surface area contributed by atoms with Crippen LogP contribution in [0.25, 0.3) is 28.3 Å². The number of methoxy groups -OCH3 is 2. The van der Waals surface area contributed by atoms with Gasteiger partial charge in [-0.25, -0.2) is 13.6 Å². The summed E-state index contributed by atoms with van der Waals surface area (Å²) < 4.78 is 39.4. The molecule has 0 radical (unpaired) electrons. The van der Waals surface area contributed by atoms with Crippen molar-refractivity contribution >= 4 is 23.9 Å². The molecule has 0 aliphatic heterocycles. The van der Waals surface area contributed by atoms with Crippen molar-refractivity contribution < 1.29 is 42.9 Å². The number of nitrogens with one attached hydrogen (secondary N) is 1. The lowest BCUT2D eigenvalue weighted by molar-refractivity contribution is -0.143. The minimum atomic E-state index is -1.18. The van der Waals surface area contributed by atoms with Crippen LogP contribution in [0.1, 0.15) is 64.8 Å². The summed E-state index contributed by atoms with van der Waals surface area (Å²) in [4.78, 5) is 37.6. The highest BCUT2D eigenvalue weighted by Gasteiger charge is 2.29. The molecule has 11 heteroatoms. The molecule has 252 valence electrons. The van der Waals surface area contributed by atoms with Gasteiger partial charge in [0.05, 0.1) is 38.4 Å². The third kappa shape index (κ3) is 8.61. The number of nitrogens with zero attached hydrogens (tertiary/aromatic N) is 1. The van der Waals surface area contributed by atoms with Crippen molar-refractivity contribution in [2.75, 3.05) is 14.2 Å². The monoisotopic (exact) mass is 660 g/mol. The Bertz CT molecular complexity index is 1760. The van der Waals surface area contributed by atoms with Crippen LogP contribution in [0.15, 0.2) is 78.9 Å². The van der Waals surface area contributed by atoms with Gasteiger partial charge in [-0.2, -0.15) is 0 Å². The van der Waals surface area contributed by atoms with E-state index in [4.69, 9.17) is 4.74 Å². The van der Waals surface area contributed by atoms with E-state index >= 15 is 0 Å². The van der Waals surface area contributed by atoms with Crippen LogP contribution in [0.4, 0.5) is 8.78 Å². The molecule has 1 amide bonds. The zero-order valence-electron chi connectivity index (χ0n) is 27.1. The maximum atomic E-state index is 14.2. The van der Waals surface area contributed by atoms with Crippen LogP contribution < -0.4 is 5.32 Å². The largest absolute Gasteiger partial charge is 0.469 e. The fourth-order valence-corrected chi connectivity index (χ4v) is 5.40. The predicted molar refractivity (Wildman–Crippen MR) is 177 cm³/mol. The number of esters is 2. The van der Waals surface area contributed by atoms with Crippen molar-refractivity contribution in [3.05, 3.63) is 113 Å². The number of hydrogen-bond acceptors (Lipinski definition) is 7. The highest BCUT2D eigenvalue weighted by atomic mass is 19.1. The van der Waals surface area contributed by atoms with Gasteiger partial charge in [-0.05, 0) is 73.0 Å². The van der Waals surface area contributed by atoms with Crippen LogP contribution in [-0.2, 0) is 20.8 Å². The Balaban J connectivity index is 1.86. The molecular weight excluding hydrogens is 622 g/mol. The quantitative estimate of drug-likeness (QED) is 0.148. The van der Waals surface area contributed by atoms with Crippen LogP contribution in [0.3, 0.4) is 0 Å². The molecule has 0 saturated heterocycles. The number of aliphatic hydroxyl groups excluding tert-OH is 2. The number of ether oxygens (including phenoxy) is 2. The molecule has 0 saturated carbocycles. The Morgan fingerprint density at radius 3 is 1.92 bits per heavy atom. The molecule has 9 nitrogen and oxygen atoms in total. The van der Waals surface area contributed by atoms with Gasteiger partial charge in [0, 0.05) is 35.8 Å². The third-order valence-corrected chi connectivity index (χ3v) is 7.69. The number of halogens is 2. The second-order valence-electron chi connectivity index (χ2n) is 11.4. The Morgan fingerprint density at radius 1 is 0.833 bits per heavy atom. The number of rotatable bonds is 13. The van der Waals surface area contributed by atoms with E-state index in [1.165, 1.54) is 44.6 Å². The first-order valence-electron chi connectivity index (χ1n) is 15.3. The first-order chi connectivity index (χ1) is 22.9. The van der Waals surface area contributed by atoms with E-state index in [1.54, 1.807) is 59.2 Å². The van der Waals surface area contributed by atoms with E-state index in [2.05, 4.69) is 10.1 Å². The maximum absolute atomic E-state index is 14.2. The van der Waals surface area contributed by atoms with Gasteiger partial charge in [-0.1, -0.05) is 42.5 Å². The van der Waals surface area contributed by atoms with Gasteiger partial charge in [0.15, 0.2) is 0 Å². The molecule has 1 heterocycles. The fourth-order valence-electron chi connectivity index (χ4n) is 5.40. The molecule has 3 aromatic carbocycles. The molecule has 1 aromatic heterocycles. The van der Waals surface area contributed by atoms with Crippen molar-refractivity contribution in [2.45, 2.75) is 51.5 Å². The van der Waals surface area contributed by atoms with Gasteiger partial charge < -0.3 is 29.6 Å². The zero-order valence-corrected chi connectivity index (χ0v) is 27.1. The topological polar surface area (TPSA) is 127 Å². The number of aliphatic hydroxyl groups is 2. The number of hydrogen-bond donors (Lipinski definition) is 3. The van der Waals surface area contributed by atoms with Crippen molar-refractivity contribution in [3.8, 4) is 22.3 Å². The fraction of sp³-hybridized carbons (Fsp3) is 0.270. The summed E-state index contributed by atoms with van der Waals surface area (Å²) in [5.74, 6) is -2.50. The highest BCUT2D eigenvalue weighted by Crippen LogP contribution is 2.42. The molecule has 2 atom stereocenters. The normalized spacial score (nSPS) is 12.6. The van der Waals surface area contributed by atoms with Crippen LogP contribution in [0.5, 0.6) is 0 Å². The smallest absolute Gasteiger partial charge is 0.337 e. The van der Waals surface area contributed by atoms with E-state index in [9.17, 15) is 33.4 Å². The first kappa shape index (κ1) is 35.7. The van der Waals surface area contributed by atoms with Gasteiger partial charge >= 0.3 is 11.9 Å². The van der Waals surface area contributed by atoms with Gasteiger partial charge in [-0.15, -0.1) is 0 Å². The average Bonchev–Trinajstić information content (AvgIpc) is 3.42. The summed E-state index contributed by atoms with van der Waals surface area (Å²) in [6, 6.07) is 17.7. The number of benzene rings is 3. The molecule has 0 fully saturated rings. The van der Waals surface area contributed by atoms with Crippen LogP contribution in [-0.4, -0.2) is 59.1 Å². The zero-order chi connectivity index (χ0) is 35.0. The molecule has 0 spiro atoms. The van der Waals surface area contributed by atoms with E-state index in [1.807, 2.05) is 13.8 Å². The van der Waals surface area contributed by atoms with Crippen molar-refractivity contribution in [3.63, 3.8) is 0 Å². The van der Waals surface area contributed by atoms with Gasteiger partial charge in [0.25, 0.3) is 5.91 Å². The van der Waals surface area contributed by atoms with E-state index in [-0.39, 0.29) is 31.1 Å². The molecule has 0 aliphatic rings. The first-order valence-corrected chi connectivity index (χ1v) is 15.3. The lowest BCUT2D eigenvalue weighted by atomic mass is 9.94. The van der Waals surface area contributed by atoms with Crippen molar-refractivity contribution in [2.24, 2.45) is 0 Å². The summed E-state index contributed by atoms with van der Waals surface area (Å²) in [5, 5.41) is 24.0. The Labute approximate surface area is 277 Å². The number of carbonyl (C=O) groups is 3. The molecule has 4 rings (SSSR count).